The van der Waals surface area contributed by atoms with E-state index < -0.39 is 24.2 Å². The van der Waals surface area contributed by atoms with E-state index in [1.165, 1.54) is 0 Å². The zero-order valence-corrected chi connectivity index (χ0v) is 8.06. The van der Waals surface area contributed by atoms with E-state index in [1.54, 1.807) is 13.8 Å². The Kier molecular flexibility index (Phi) is 3.04. The number of halogens is 3. The van der Waals surface area contributed by atoms with Gasteiger partial charge in [-0.2, -0.15) is 13.2 Å². The minimum Gasteiger partial charge on any atom is -0.327 e. The van der Waals surface area contributed by atoms with Crippen LogP contribution in [0.5, 0.6) is 0 Å². The van der Waals surface area contributed by atoms with E-state index in [4.69, 9.17) is 0 Å². The Balaban J connectivity index is 2.78. The fraction of sp³-hybridized carbons (Fsp3) is 0.875. The summed E-state index contributed by atoms with van der Waals surface area (Å²) < 4.78 is 36.5. The standard InChI is InChI=1S/C8H13F3N2O/c1-5-3-12-4-6(2)13(5)7(14)8(9,10)11/h5-6,12H,3-4H2,1-2H3/t5-,6-/m0/s1. The maximum Gasteiger partial charge on any atom is 0.471 e. The van der Waals surface area contributed by atoms with Crippen molar-refractivity contribution < 1.29 is 18.0 Å². The van der Waals surface area contributed by atoms with Crippen LogP contribution in [0.4, 0.5) is 13.2 Å². The molecular formula is C8H13F3N2O. The van der Waals surface area contributed by atoms with Gasteiger partial charge >= 0.3 is 12.1 Å². The average molecular weight is 210 g/mol. The molecule has 0 unspecified atom stereocenters. The van der Waals surface area contributed by atoms with Crippen molar-refractivity contribution in [2.24, 2.45) is 0 Å². The minimum atomic E-state index is -4.76. The molecule has 1 heterocycles. The molecule has 1 aliphatic rings. The average Bonchev–Trinajstić information content (AvgIpc) is 2.01. The molecule has 0 saturated carbocycles. The second kappa shape index (κ2) is 3.76. The predicted molar refractivity (Wildman–Crippen MR) is 44.7 cm³/mol. The molecule has 1 N–H and O–H groups in total. The van der Waals surface area contributed by atoms with Crippen LogP contribution >= 0.6 is 0 Å². The van der Waals surface area contributed by atoms with Crippen molar-refractivity contribution in [2.45, 2.75) is 32.1 Å². The second-order valence-electron chi connectivity index (χ2n) is 3.57. The highest BCUT2D eigenvalue weighted by molar-refractivity contribution is 5.82. The molecule has 1 saturated heterocycles. The summed E-state index contributed by atoms with van der Waals surface area (Å²) in [4.78, 5) is 11.9. The van der Waals surface area contributed by atoms with E-state index in [-0.39, 0.29) is 0 Å². The Bertz CT molecular complexity index is 219. The van der Waals surface area contributed by atoms with Crippen LogP contribution in [-0.2, 0) is 4.79 Å². The van der Waals surface area contributed by atoms with Gasteiger partial charge in [-0.15, -0.1) is 0 Å². The molecule has 0 radical (unpaired) electrons. The van der Waals surface area contributed by atoms with Crippen LogP contribution in [-0.4, -0.2) is 42.2 Å². The highest BCUT2D eigenvalue weighted by atomic mass is 19.4. The molecule has 0 bridgehead atoms. The van der Waals surface area contributed by atoms with Gasteiger partial charge in [-0.05, 0) is 13.8 Å². The third-order valence-corrected chi connectivity index (χ3v) is 2.31. The molecule has 6 heteroatoms. The second-order valence-corrected chi connectivity index (χ2v) is 3.57. The fourth-order valence-electron chi connectivity index (χ4n) is 1.68. The van der Waals surface area contributed by atoms with Crippen molar-refractivity contribution in [1.82, 2.24) is 10.2 Å². The van der Waals surface area contributed by atoms with E-state index in [1.807, 2.05) is 0 Å². The largest absolute Gasteiger partial charge is 0.471 e. The van der Waals surface area contributed by atoms with Gasteiger partial charge in [0.1, 0.15) is 0 Å². The van der Waals surface area contributed by atoms with Gasteiger partial charge in [-0.25, -0.2) is 0 Å². The van der Waals surface area contributed by atoms with E-state index in [0.29, 0.717) is 13.1 Å². The summed E-state index contributed by atoms with van der Waals surface area (Å²) in [5.74, 6) is -1.74. The Hall–Kier alpha value is -0.780. The van der Waals surface area contributed by atoms with Crippen molar-refractivity contribution in [3.63, 3.8) is 0 Å². The van der Waals surface area contributed by atoms with Crippen LogP contribution in [0.3, 0.4) is 0 Å². The van der Waals surface area contributed by atoms with Gasteiger partial charge in [0.15, 0.2) is 0 Å². The first-order valence-electron chi connectivity index (χ1n) is 4.44. The lowest BCUT2D eigenvalue weighted by Crippen LogP contribution is -2.60. The van der Waals surface area contributed by atoms with Crippen molar-refractivity contribution in [1.29, 1.82) is 0 Å². The molecule has 0 aliphatic carbocycles. The molecular weight excluding hydrogens is 197 g/mol. The molecule has 2 atom stereocenters. The highest BCUT2D eigenvalue weighted by Crippen LogP contribution is 2.22. The summed E-state index contributed by atoms with van der Waals surface area (Å²) in [5.41, 5.74) is 0. The normalized spacial score (nSPS) is 29.1. The Morgan fingerprint density at radius 3 is 2.07 bits per heavy atom. The molecule has 0 aromatic rings. The molecule has 0 aromatic heterocycles. The van der Waals surface area contributed by atoms with E-state index in [2.05, 4.69) is 5.32 Å². The third-order valence-electron chi connectivity index (χ3n) is 2.31. The number of nitrogens with one attached hydrogen (secondary N) is 1. The fourth-order valence-corrected chi connectivity index (χ4v) is 1.68. The van der Waals surface area contributed by atoms with Crippen LogP contribution in [0.15, 0.2) is 0 Å². The summed E-state index contributed by atoms with van der Waals surface area (Å²) in [6.07, 6.45) is -4.76. The molecule has 0 spiro atoms. The number of carbonyl (C=O) groups is 1. The lowest BCUT2D eigenvalue weighted by molar-refractivity contribution is -0.190. The number of nitrogens with zero attached hydrogens (tertiary/aromatic N) is 1. The van der Waals surface area contributed by atoms with Crippen LogP contribution in [0.1, 0.15) is 13.8 Å². The summed E-state index contributed by atoms with van der Waals surface area (Å²) in [5, 5.41) is 2.96. The molecule has 1 fully saturated rings. The Labute approximate surface area is 80.3 Å². The number of amides is 1. The van der Waals surface area contributed by atoms with Gasteiger partial charge in [0.05, 0.1) is 0 Å². The quantitative estimate of drug-likeness (QED) is 0.640. The SMILES string of the molecule is C[C@H]1CNC[C@H](C)N1C(=O)C(F)(F)F. The Morgan fingerprint density at radius 1 is 1.29 bits per heavy atom. The number of hydrogen-bond donors (Lipinski definition) is 1. The zero-order chi connectivity index (χ0) is 10.9. The van der Waals surface area contributed by atoms with Crippen molar-refractivity contribution in [2.75, 3.05) is 13.1 Å². The molecule has 0 aromatic carbocycles. The van der Waals surface area contributed by atoms with Crippen LogP contribution < -0.4 is 5.32 Å². The first-order chi connectivity index (χ1) is 6.34. The lowest BCUT2D eigenvalue weighted by Gasteiger charge is -2.39. The minimum absolute atomic E-state index is 0.409. The van der Waals surface area contributed by atoms with Gasteiger partial charge < -0.3 is 10.2 Å². The van der Waals surface area contributed by atoms with Gasteiger partial charge in [0.2, 0.25) is 0 Å². The molecule has 3 nitrogen and oxygen atoms in total. The molecule has 1 aliphatic heterocycles. The number of carbonyl (C=O) groups excluding carboxylic acids is 1. The maximum absolute atomic E-state index is 12.2. The van der Waals surface area contributed by atoms with Gasteiger partial charge in [-0.1, -0.05) is 0 Å². The molecule has 14 heavy (non-hydrogen) atoms. The first kappa shape index (κ1) is 11.3. The van der Waals surface area contributed by atoms with Gasteiger partial charge in [-0.3, -0.25) is 4.79 Å². The molecule has 1 amide bonds. The Morgan fingerprint density at radius 2 is 1.71 bits per heavy atom. The third kappa shape index (κ3) is 2.17. The molecule has 1 rings (SSSR count). The van der Waals surface area contributed by atoms with Gasteiger partial charge in [0.25, 0.3) is 0 Å². The number of rotatable bonds is 0. The summed E-state index contributed by atoms with van der Waals surface area (Å²) >= 11 is 0. The summed E-state index contributed by atoms with van der Waals surface area (Å²) in [6.45, 7) is 4.02. The van der Waals surface area contributed by atoms with E-state index >= 15 is 0 Å². The first-order valence-corrected chi connectivity index (χ1v) is 4.44. The summed E-state index contributed by atoms with van der Waals surface area (Å²) in [7, 11) is 0. The smallest absolute Gasteiger partial charge is 0.327 e. The predicted octanol–water partition coefficient (Wildman–Crippen LogP) is 0.758. The van der Waals surface area contributed by atoms with Crippen LogP contribution in [0.2, 0.25) is 0 Å². The monoisotopic (exact) mass is 210 g/mol. The van der Waals surface area contributed by atoms with Crippen molar-refractivity contribution in [3.8, 4) is 0 Å². The number of hydrogen-bond acceptors (Lipinski definition) is 2. The topological polar surface area (TPSA) is 32.3 Å². The van der Waals surface area contributed by atoms with E-state index in [9.17, 15) is 18.0 Å². The van der Waals surface area contributed by atoms with Crippen LogP contribution in [0, 0.1) is 0 Å². The van der Waals surface area contributed by atoms with Crippen molar-refractivity contribution in [3.05, 3.63) is 0 Å². The molecule has 82 valence electrons. The lowest BCUT2D eigenvalue weighted by atomic mass is 10.1. The number of alkyl halides is 3. The van der Waals surface area contributed by atoms with Gasteiger partial charge in [0, 0.05) is 25.2 Å². The highest BCUT2D eigenvalue weighted by Gasteiger charge is 2.46. The number of piperazine rings is 1. The summed E-state index contributed by atoms with van der Waals surface area (Å²) in [6, 6.07) is -0.819. The van der Waals surface area contributed by atoms with Crippen LogP contribution in [0.25, 0.3) is 0 Å². The van der Waals surface area contributed by atoms with E-state index in [0.717, 1.165) is 4.90 Å². The maximum atomic E-state index is 12.2. The van der Waals surface area contributed by atoms with Crippen molar-refractivity contribution >= 4 is 5.91 Å². The zero-order valence-electron chi connectivity index (χ0n) is 8.06.